The maximum atomic E-state index is 13.6. The molecule has 28 heavy (non-hydrogen) atoms. The van der Waals surface area contributed by atoms with Gasteiger partial charge in [-0.3, -0.25) is 4.79 Å². The van der Waals surface area contributed by atoms with Crippen LogP contribution in [0.5, 0.6) is 5.75 Å². The number of fused-ring (bicyclic) bond motifs is 1. The summed E-state index contributed by atoms with van der Waals surface area (Å²) < 4.78 is 31.8. The lowest BCUT2D eigenvalue weighted by Gasteiger charge is -2.16. The minimum absolute atomic E-state index is 0.0925. The van der Waals surface area contributed by atoms with Gasteiger partial charge in [0.05, 0.1) is 19.8 Å². The van der Waals surface area contributed by atoms with Crippen LogP contribution in [0.1, 0.15) is 17.2 Å². The molecule has 0 heterocycles. The van der Waals surface area contributed by atoms with Crippen LogP contribution in [-0.4, -0.2) is 24.7 Å². The monoisotopic (exact) mass is 383 g/mol. The van der Waals surface area contributed by atoms with Gasteiger partial charge in [-0.05, 0) is 52.7 Å². The lowest BCUT2D eigenvalue weighted by Crippen LogP contribution is -2.29. The Morgan fingerprint density at radius 1 is 1.11 bits per heavy atom. The molecule has 3 aromatic carbocycles. The van der Waals surface area contributed by atoms with Gasteiger partial charge in [0.2, 0.25) is 5.91 Å². The minimum atomic E-state index is -0.758. The zero-order valence-electron chi connectivity index (χ0n) is 15.2. The van der Waals surface area contributed by atoms with Crippen molar-refractivity contribution >= 4 is 22.8 Å². The number of rotatable bonds is 6. The number of ether oxygens (including phenoxy) is 1. The Bertz CT molecular complexity index is 1030. The predicted octanol–water partition coefficient (Wildman–Crippen LogP) is 3.99. The van der Waals surface area contributed by atoms with Crippen molar-refractivity contribution in [2.24, 2.45) is 0 Å². The van der Waals surface area contributed by atoms with Crippen LogP contribution in [0.15, 0.2) is 60.7 Å². The van der Waals surface area contributed by atoms with Gasteiger partial charge in [0.15, 0.2) is 0 Å². The second-order valence-corrected chi connectivity index (χ2v) is 6.22. The molecular weight excluding hydrogens is 364 g/mol. The van der Waals surface area contributed by atoms with Crippen molar-refractivity contribution < 1.29 is 23.4 Å². The van der Waals surface area contributed by atoms with E-state index in [0.29, 0.717) is 5.75 Å². The summed E-state index contributed by atoms with van der Waals surface area (Å²) in [5, 5.41) is 14.3. The number of benzene rings is 3. The molecule has 0 aliphatic rings. The Balaban J connectivity index is 1.76. The molecule has 0 saturated carbocycles. The van der Waals surface area contributed by atoms with Crippen molar-refractivity contribution in [2.75, 3.05) is 13.7 Å². The van der Waals surface area contributed by atoms with Gasteiger partial charge >= 0.3 is 0 Å². The number of hydrogen-bond donors (Lipinski definition) is 2. The highest BCUT2D eigenvalue weighted by atomic mass is 19.1. The third-order valence-electron chi connectivity index (χ3n) is 4.35. The summed E-state index contributed by atoms with van der Waals surface area (Å²) in [6.45, 7) is -0.306. The van der Waals surface area contributed by atoms with Gasteiger partial charge in [-0.2, -0.15) is 0 Å². The van der Waals surface area contributed by atoms with Gasteiger partial charge in [0.1, 0.15) is 17.4 Å². The van der Waals surface area contributed by atoms with Crippen molar-refractivity contribution in [1.29, 1.82) is 0 Å². The van der Waals surface area contributed by atoms with Gasteiger partial charge in [-0.1, -0.05) is 18.2 Å². The molecule has 1 atom stereocenters. The van der Waals surface area contributed by atoms with E-state index in [0.717, 1.165) is 34.5 Å². The van der Waals surface area contributed by atoms with E-state index >= 15 is 0 Å². The van der Waals surface area contributed by atoms with E-state index in [1.807, 2.05) is 36.4 Å². The van der Waals surface area contributed by atoms with Crippen molar-refractivity contribution in [3.05, 3.63) is 83.4 Å². The lowest BCUT2D eigenvalue weighted by molar-refractivity contribution is -0.117. The molecule has 0 fully saturated rings. The minimum Gasteiger partial charge on any atom is -0.497 e. The Labute approximate surface area is 161 Å². The normalized spacial score (nSPS) is 12.3. The topological polar surface area (TPSA) is 58.6 Å². The molecule has 1 unspecified atom stereocenters. The number of amides is 1. The number of carbonyl (C=O) groups is 1. The highest BCUT2D eigenvalue weighted by Crippen LogP contribution is 2.24. The lowest BCUT2D eigenvalue weighted by atomic mass is 10.0. The van der Waals surface area contributed by atoms with Crippen LogP contribution in [-0.2, 0) is 4.79 Å². The maximum absolute atomic E-state index is 13.6. The van der Waals surface area contributed by atoms with Crippen molar-refractivity contribution in [3.8, 4) is 5.75 Å². The largest absolute Gasteiger partial charge is 0.497 e. The van der Waals surface area contributed by atoms with Crippen LogP contribution in [0, 0.1) is 11.6 Å². The molecular formula is C22H19F2NO3. The molecule has 0 saturated heterocycles. The second kappa shape index (κ2) is 8.63. The number of nitrogens with one attached hydrogen (secondary N) is 1. The Morgan fingerprint density at radius 2 is 1.89 bits per heavy atom. The van der Waals surface area contributed by atoms with E-state index in [4.69, 9.17) is 4.74 Å². The third kappa shape index (κ3) is 4.53. The first-order chi connectivity index (χ1) is 13.5. The zero-order chi connectivity index (χ0) is 20.1. The third-order valence-corrected chi connectivity index (χ3v) is 4.35. The van der Waals surface area contributed by atoms with Crippen molar-refractivity contribution in [3.63, 3.8) is 0 Å². The molecule has 0 radical (unpaired) electrons. The Kier molecular flexibility index (Phi) is 6.01. The zero-order valence-corrected chi connectivity index (χ0v) is 15.2. The van der Waals surface area contributed by atoms with Crippen LogP contribution < -0.4 is 10.1 Å². The van der Waals surface area contributed by atoms with Crippen LogP contribution in [0.3, 0.4) is 0 Å². The molecule has 2 N–H and O–H groups in total. The van der Waals surface area contributed by atoms with Gasteiger partial charge in [-0.25, -0.2) is 8.78 Å². The molecule has 0 aliphatic heterocycles. The van der Waals surface area contributed by atoms with E-state index in [1.54, 1.807) is 7.11 Å². The summed E-state index contributed by atoms with van der Waals surface area (Å²) in [6, 6.07) is 13.7. The molecule has 1 amide bonds. The average molecular weight is 383 g/mol. The molecule has 0 spiro atoms. The summed E-state index contributed by atoms with van der Waals surface area (Å²) in [5.41, 5.74) is 0.813. The first-order valence-electron chi connectivity index (χ1n) is 8.62. The van der Waals surface area contributed by atoms with Gasteiger partial charge in [0, 0.05) is 17.7 Å². The SMILES string of the molecule is COc1ccc2ccc(C(CO)NC(=O)C=Cc3ccc(F)cc3F)cc2c1. The number of halogens is 2. The van der Waals surface area contributed by atoms with E-state index in [1.165, 1.54) is 12.1 Å². The Hall–Kier alpha value is -3.25. The second-order valence-electron chi connectivity index (χ2n) is 6.22. The molecule has 6 heteroatoms. The summed E-state index contributed by atoms with van der Waals surface area (Å²) >= 11 is 0. The first kappa shape index (κ1) is 19.5. The molecule has 0 bridgehead atoms. The highest BCUT2D eigenvalue weighted by Gasteiger charge is 2.13. The first-order valence-corrected chi connectivity index (χ1v) is 8.62. The number of aliphatic hydroxyl groups is 1. The van der Waals surface area contributed by atoms with Crippen molar-refractivity contribution in [1.82, 2.24) is 5.32 Å². The Morgan fingerprint density at radius 3 is 2.61 bits per heavy atom. The molecule has 3 aromatic rings. The van der Waals surface area contributed by atoms with Crippen LogP contribution in [0.2, 0.25) is 0 Å². The molecule has 144 valence electrons. The van der Waals surface area contributed by atoms with Gasteiger partial charge < -0.3 is 15.2 Å². The average Bonchev–Trinajstić information content (AvgIpc) is 2.70. The summed E-state index contributed by atoms with van der Waals surface area (Å²) in [4.78, 5) is 12.2. The fraction of sp³-hybridized carbons (Fsp3) is 0.136. The van der Waals surface area contributed by atoms with E-state index in [2.05, 4.69) is 5.32 Å². The quantitative estimate of drug-likeness (QED) is 0.633. The fourth-order valence-corrected chi connectivity index (χ4v) is 2.84. The molecule has 0 aliphatic carbocycles. The fourth-order valence-electron chi connectivity index (χ4n) is 2.84. The van der Waals surface area contributed by atoms with Crippen LogP contribution >= 0.6 is 0 Å². The standard InChI is InChI=1S/C22H19F2NO3/c1-28-19-8-5-14-2-3-16(10-17(14)11-19)21(13-26)25-22(27)9-6-15-4-7-18(23)12-20(15)24/h2-12,21,26H,13H2,1H3,(H,25,27). The van der Waals surface area contributed by atoms with E-state index < -0.39 is 23.6 Å². The smallest absolute Gasteiger partial charge is 0.244 e. The number of carbonyl (C=O) groups excluding carboxylic acids is 1. The number of methoxy groups -OCH3 is 1. The number of aliphatic hydroxyl groups excluding tert-OH is 1. The van der Waals surface area contributed by atoms with E-state index in [-0.39, 0.29) is 12.2 Å². The van der Waals surface area contributed by atoms with Crippen LogP contribution in [0.25, 0.3) is 16.8 Å². The maximum Gasteiger partial charge on any atom is 0.244 e. The summed E-state index contributed by atoms with van der Waals surface area (Å²) in [6.07, 6.45) is 2.40. The van der Waals surface area contributed by atoms with E-state index in [9.17, 15) is 18.7 Å². The van der Waals surface area contributed by atoms with Gasteiger partial charge in [0.25, 0.3) is 0 Å². The van der Waals surface area contributed by atoms with Crippen LogP contribution in [0.4, 0.5) is 8.78 Å². The van der Waals surface area contributed by atoms with Gasteiger partial charge in [-0.15, -0.1) is 0 Å². The summed E-state index contributed by atoms with van der Waals surface area (Å²) in [7, 11) is 1.58. The number of hydrogen-bond acceptors (Lipinski definition) is 3. The highest BCUT2D eigenvalue weighted by molar-refractivity contribution is 5.92. The molecule has 3 rings (SSSR count). The van der Waals surface area contributed by atoms with Crippen molar-refractivity contribution in [2.45, 2.75) is 6.04 Å². The molecule has 4 nitrogen and oxygen atoms in total. The molecule has 0 aromatic heterocycles. The predicted molar refractivity (Wildman–Crippen MR) is 104 cm³/mol. The summed E-state index contributed by atoms with van der Waals surface area (Å²) in [5.74, 6) is -1.24.